The molecule has 90 valence electrons. The molecule has 5 heteroatoms. The summed E-state index contributed by atoms with van der Waals surface area (Å²) in [6.45, 7) is 0.120. The molecule has 2 aromatic rings. The number of esters is 2. The van der Waals surface area contributed by atoms with Crippen molar-refractivity contribution >= 4 is 22.7 Å². The number of phenolic OH excluding ortho intramolecular Hbond substituents is 1. The average molecular weight is 243 g/mol. The van der Waals surface area contributed by atoms with E-state index in [0.29, 0.717) is 21.9 Å². The van der Waals surface area contributed by atoms with Gasteiger partial charge in [-0.1, -0.05) is 12.1 Å². The molecule has 0 aliphatic carbocycles. The predicted octanol–water partition coefficient (Wildman–Crippen LogP) is 1.31. The molecular weight excluding hydrogens is 234 g/mol. The number of rotatable bonds is 1. The molecule has 3 rings (SSSR count). The maximum absolute atomic E-state index is 11.6. The van der Waals surface area contributed by atoms with Crippen molar-refractivity contribution in [3.63, 3.8) is 0 Å². The summed E-state index contributed by atoms with van der Waals surface area (Å²) < 4.78 is 4.61. The van der Waals surface area contributed by atoms with Crippen molar-refractivity contribution in [3.8, 4) is 5.75 Å². The Labute approximate surface area is 102 Å². The predicted molar refractivity (Wildman–Crippen MR) is 63.3 cm³/mol. The molecule has 0 atom stereocenters. The quantitative estimate of drug-likeness (QED) is 0.582. The zero-order valence-corrected chi connectivity index (χ0v) is 9.27. The number of phenols is 1. The Balaban J connectivity index is 2.55. The highest BCUT2D eigenvalue weighted by Gasteiger charge is 2.28. The van der Waals surface area contributed by atoms with E-state index in [4.69, 9.17) is 5.73 Å². The fourth-order valence-electron chi connectivity index (χ4n) is 2.27. The second kappa shape index (κ2) is 3.54. The van der Waals surface area contributed by atoms with Crippen LogP contribution >= 0.6 is 0 Å². The number of ether oxygens (including phenoxy) is 1. The number of hydrogen-bond acceptors (Lipinski definition) is 5. The third kappa shape index (κ3) is 1.25. The van der Waals surface area contributed by atoms with Crippen LogP contribution in [0.2, 0.25) is 0 Å². The van der Waals surface area contributed by atoms with Gasteiger partial charge in [-0.15, -0.1) is 0 Å². The Hall–Kier alpha value is -2.40. The minimum Gasteiger partial charge on any atom is -0.508 e. The van der Waals surface area contributed by atoms with Crippen molar-refractivity contribution in [1.29, 1.82) is 0 Å². The largest absolute Gasteiger partial charge is 0.508 e. The van der Waals surface area contributed by atoms with Gasteiger partial charge in [-0.2, -0.15) is 0 Å². The number of cyclic esters (lactones) is 2. The molecule has 0 spiro atoms. The maximum Gasteiger partial charge on any atom is 0.346 e. The lowest BCUT2D eigenvalue weighted by Crippen LogP contribution is -2.20. The molecule has 1 aliphatic heterocycles. The second-order valence-corrected chi connectivity index (χ2v) is 4.03. The van der Waals surface area contributed by atoms with Gasteiger partial charge in [-0.05, 0) is 17.5 Å². The Morgan fingerprint density at radius 2 is 1.89 bits per heavy atom. The number of aromatic hydroxyl groups is 1. The topological polar surface area (TPSA) is 89.6 Å². The second-order valence-electron chi connectivity index (χ2n) is 4.03. The zero-order chi connectivity index (χ0) is 12.9. The van der Waals surface area contributed by atoms with Crippen molar-refractivity contribution in [2.75, 3.05) is 0 Å². The van der Waals surface area contributed by atoms with Crippen molar-refractivity contribution in [1.82, 2.24) is 0 Å². The number of carbonyl (C=O) groups is 2. The Morgan fingerprint density at radius 1 is 1.17 bits per heavy atom. The summed E-state index contributed by atoms with van der Waals surface area (Å²) in [4.78, 5) is 23.3. The molecule has 1 aliphatic rings. The summed E-state index contributed by atoms with van der Waals surface area (Å²) in [5.74, 6) is -1.49. The van der Waals surface area contributed by atoms with Crippen LogP contribution in [-0.2, 0) is 11.3 Å². The van der Waals surface area contributed by atoms with Crippen LogP contribution in [-0.4, -0.2) is 17.0 Å². The highest BCUT2D eigenvalue weighted by Crippen LogP contribution is 2.35. The highest BCUT2D eigenvalue weighted by atomic mass is 16.6. The van der Waals surface area contributed by atoms with Crippen LogP contribution in [0.5, 0.6) is 5.75 Å². The minimum absolute atomic E-state index is 0.0663. The lowest BCUT2D eigenvalue weighted by molar-refractivity contribution is 0.0391. The maximum atomic E-state index is 11.6. The molecule has 5 nitrogen and oxygen atoms in total. The van der Waals surface area contributed by atoms with E-state index in [1.807, 2.05) is 0 Å². The number of nitrogens with two attached hydrogens (primary N) is 1. The monoisotopic (exact) mass is 243 g/mol. The van der Waals surface area contributed by atoms with Gasteiger partial charge in [0.2, 0.25) is 0 Å². The van der Waals surface area contributed by atoms with Gasteiger partial charge in [-0.25, -0.2) is 9.59 Å². The summed E-state index contributed by atoms with van der Waals surface area (Å²) >= 11 is 0. The Kier molecular flexibility index (Phi) is 2.11. The highest BCUT2D eigenvalue weighted by molar-refractivity contribution is 6.21. The zero-order valence-electron chi connectivity index (χ0n) is 9.27. The molecule has 2 aromatic carbocycles. The van der Waals surface area contributed by atoms with Crippen LogP contribution in [0.15, 0.2) is 24.3 Å². The van der Waals surface area contributed by atoms with Crippen molar-refractivity contribution in [2.45, 2.75) is 6.54 Å². The van der Waals surface area contributed by atoms with Gasteiger partial charge in [-0.3, -0.25) is 0 Å². The molecule has 3 N–H and O–H groups in total. The van der Waals surface area contributed by atoms with Gasteiger partial charge in [0.05, 0.1) is 11.1 Å². The molecule has 0 saturated carbocycles. The van der Waals surface area contributed by atoms with Crippen molar-refractivity contribution in [2.24, 2.45) is 5.73 Å². The molecule has 0 aromatic heterocycles. The third-order valence-electron chi connectivity index (χ3n) is 3.08. The van der Waals surface area contributed by atoms with Crippen LogP contribution in [0, 0.1) is 0 Å². The number of carbonyl (C=O) groups excluding carboxylic acids is 2. The molecule has 0 saturated heterocycles. The standard InChI is InChI=1S/C13H9NO4/c14-5-9-6-2-1-3-7-11(6)8(4-10(9)15)13(17)18-12(7)16/h1-4,15H,5,14H2. The van der Waals surface area contributed by atoms with Gasteiger partial charge in [0, 0.05) is 17.5 Å². The van der Waals surface area contributed by atoms with E-state index < -0.39 is 11.9 Å². The molecule has 18 heavy (non-hydrogen) atoms. The van der Waals surface area contributed by atoms with E-state index in [1.54, 1.807) is 18.2 Å². The number of benzene rings is 2. The normalized spacial score (nSPS) is 13.8. The van der Waals surface area contributed by atoms with E-state index in [-0.39, 0.29) is 17.9 Å². The minimum atomic E-state index is -0.748. The molecule has 0 bridgehead atoms. The molecular formula is C13H9NO4. The smallest absolute Gasteiger partial charge is 0.346 e. The van der Waals surface area contributed by atoms with Gasteiger partial charge in [0.1, 0.15) is 5.75 Å². The van der Waals surface area contributed by atoms with Crippen LogP contribution in [0.4, 0.5) is 0 Å². The van der Waals surface area contributed by atoms with E-state index in [9.17, 15) is 14.7 Å². The van der Waals surface area contributed by atoms with Crippen molar-refractivity contribution < 1.29 is 19.4 Å². The van der Waals surface area contributed by atoms with E-state index in [2.05, 4.69) is 4.74 Å². The summed E-state index contributed by atoms with van der Waals surface area (Å²) in [5, 5.41) is 11.0. The summed E-state index contributed by atoms with van der Waals surface area (Å²) in [6.07, 6.45) is 0. The van der Waals surface area contributed by atoms with Crippen molar-refractivity contribution in [3.05, 3.63) is 41.0 Å². The van der Waals surface area contributed by atoms with Gasteiger partial charge in [0.15, 0.2) is 0 Å². The molecule has 0 amide bonds. The molecule has 1 heterocycles. The lowest BCUT2D eigenvalue weighted by Gasteiger charge is -2.17. The molecule has 0 radical (unpaired) electrons. The van der Waals surface area contributed by atoms with Crippen LogP contribution < -0.4 is 5.73 Å². The van der Waals surface area contributed by atoms with E-state index >= 15 is 0 Å². The molecule has 0 fully saturated rings. The van der Waals surface area contributed by atoms with Crippen LogP contribution in [0.3, 0.4) is 0 Å². The van der Waals surface area contributed by atoms with Gasteiger partial charge in [0.25, 0.3) is 0 Å². The Bertz CT molecular complexity index is 706. The average Bonchev–Trinajstić information content (AvgIpc) is 2.35. The van der Waals surface area contributed by atoms with Gasteiger partial charge >= 0.3 is 11.9 Å². The van der Waals surface area contributed by atoms with Gasteiger partial charge < -0.3 is 15.6 Å². The first-order chi connectivity index (χ1) is 8.63. The summed E-state index contributed by atoms with van der Waals surface area (Å²) in [5.41, 5.74) is 6.60. The van der Waals surface area contributed by atoms with Crippen LogP contribution in [0.1, 0.15) is 26.3 Å². The fraction of sp³-hybridized carbons (Fsp3) is 0.0769. The van der Waals surface area contributed by atoms with E-state index in [1.165, 1.54) is 6.07 Å². The lowest BCUT2D eigenvalue weighted by atomic mass is 9.93. The first kappa shape index (κ1) is 10.7. The first-order valence-corrected chi connectivity index (χ1v) is 5.37. The Morgan fingerprint density at radius 3 is 2.61 bits per heavy atom. The SMILES string of the molecule is NCc1c(O)cc2c3c(cccc13)C(=O)OC2=O. The number of hydrogen-bond donors (Lipinski definition) is 2. The van der Waals surface area contributed by atoms with Crippen LogP contribution in [0.25, 0.3) is 10.8 Å². The first-order valence-electron chi connectivity index (χ1n) is 5.37. The summed E-state index contributed by atoms with van der Waals surface area (Å²) in [7, 11) is 0. The molecule has 0 unspecified atom stereocenters. The third-order valence-corrected chi connectivity index (χ3v) is 3.08. The van der Waals surface area contributed by atoms with E-state index in [0.717, 1.165) is 0 Å². The summed E-state index contributed by atoms with van der Waals surface area (Å²) in [6, 6.07) is 6.26. The fourth-order valence-corrected chi connectivity index (χ4v) is 2.27.